The van der Waals surface area contributed by atoms with Crippen molar-refractivity contribution < 1.29 is 39.5 Å². The summed E-state index contributed by atoms with van der Waals surface area (Å²) in [5, 5.41) is 42.8. The summed E-state index contributed by atoms with van der Waals surface area (Å²) >= 11 is 0. The van der Waals surface area contributed by atoms with Crippen molar-refractivity contribution >= 4 is 12.1 Å². The van der Waals surface area contributed by atoms with E-state index in [0.717, 1.165) is 5.57 Å². The Morgan fingerprint density at radius 3 is 2.21 bits per heavy atom. The van der Waals surface area contributed by atoms with E-state index in [4.69, 9.17) is 15.2 Å². The molecule has 0 aliphatic carbocycles. The van der Waals surface area contributed by atoms with Crippen molar-refractivity contribution in [3.8, 4) is 0 Å². The molecule has 1 aliphatic rings. The van der Waals surface area contributed by atoms with Crippen molar-refractivity contribution in [2.75, 3.05) is 0 Å². The summed E-state index contributed by atoms with van der Waals surface area (Å²) in [4.78, 5) is 23.5. The zero-order valence-electron chi connectivity index (χ0n) is 26.6. The molecule has 13 atom stereocenters. The Hall–Kier alpha value is -2.46. The number of amides is 1. The lowest BCUT2D eigenvalue weighted by Crippen LogP contribution is -2.47. The Morgan fingerprint density at radius 2 is 1.64 bits per heavy atom. The number of hydrogen-bond donors (Lipinski definition) is 5. The molecule has 0 aromatic heterocycles. The van der Waals surface area contributed by atoms with Gasteiger partial charge in [-0.2, -0.15) is 0 Å². The fraction of sp³-hybridized carbons (Fsp3) is 0.697. The Morgan fingerprint density at radius 1 is 1.02 bits per heavy atom. The van der Waals surface area contributed by atoms with Gasteiger partial charge in [0.25, 0.3) is 0 Å². The highest BCUT2D eigenvalue weighted by molar-refractivity contribution is 5.73. The van der Waals surface area contributed by atoms with Gasteiger partial charge < -0.3 is 35.6 Å². The minimum Gasteiger partial charge on any atom is -0.462 e. The van der Waals surface area contributed by atoms with Crippen LogP contribution in [0.25, 0.3) is 0 Å². The Bertz CT molecular complexity index is 962. The average molecular weight is 594 g/mol. The van der Waals surface area contributed by atoms with Crippen LogP contribution >= 0.6 is 0 Å². The third kappa shape index (κ3) is 11.3. The van der Waals surface area contributed by atoms with Gasteiger partial charge in [-0.05, 0) is 26.2 Å². The number of carbonyl (C=O) groups is 2. The van der Waals surface area contributed by atoms with Gasteiger partial charge in [0.15, 0.2) is 0 Å². The third-order valence-electron chi connectivity index (χ3n) is 8.62. The number of hydrogen-bond acceptors (Lipinski definition) is 8. The van der Waals surface area contributed by atoms with E-state index < -0.39 is 54.6 Å². The van der Waals surface area contributed by atoms with Crippen molar-refractivity contribution in [2.24, 2.45) is 47.2 Å². The first-order valence-electron chi connectivity index (χ1n) is 15.0. The lowest BCUT2D eigenvalue weighted by atomic mass is 9.81. The molecule has 1 rings (SSSR count). The van der Waals surface area contributed by atoms with Crippen LogP contribution in [0.4, 0.5) is 4.79 Å². The van der Waals surface area contributed by atoms with E-state index in [1.165, 1.54) is 0 Å². The van der Waals surface area contributed by atoms with Crippen LogP contribution in [0.1, 0.15) is 68.2 Å². The van der Waals surface area contributed by atoms with Crippen LogP contribution in [0, 0.1) is 41.4 Å². The molecule has 0 bridgehead atoms. The zero-order chi connectivity index (χ0) is 32.3. The number of allylic oxidation sites excluding steroid dienone is 3. The highest BCUT2D eigenvalue weighted by Crippen LogP contribution is 2.30. The summed E-state index contributed by atoms with van der Waals surface area (Å²) in [6.07, 6.45) is 6.04. The number of aliphatic hydroxyl groups excluding tert-OH is 4. The van der Waals surface area contributed by atoms with Gasteiger partial charge in [0.05, 0.1) is 30.3 Å². The van der Waals surface area contributed by atoms with Crippen LogP contribution in [-0.4, -0.2) is 69.1 Å². The number of cyclic esters (lactones) is 1. The van der Waals surface area contributed by atoms with Crippen LogP contribution in [-0.2, 0) is 14.3 Å². The number of primary amides is 1. The maximum atomic E-state index is 12.0. The van der Waals surface area contributed by atoms with Gasteiger partial charge in [-0.15, -0.1) is 0 Å². The molecule has 1 aliphatic heterocycles. The highest BCUT2D eigenvalue weighted by atomic mass is 16.6. The van der Waals surface area contributed by atoms with E-state index in [9.17, 15) is 30.0 Å². The highest BCUT2D eigenvalue weighted by Gasteiger charge is 2.41. The molecular weight excluding hydrogens is 538 g/mol. The monoisotopic (exact) mass is 593 g/mol. The molecule has 240 valence electrons. The van der Waals surface area contributed by atoms with Crippen LogP contribution in [0.3, 0.4) is 0 Å². The van der Waals surface area contributed by atoms with Gasteiger partial charge >= 0.3 is 12.1 Å². The van der Waals surface area contributed by atoms with E-state index in [0.29, 0.717) is 6.42 Å². The summed E-state index contributed by atoms with van der Waals surface area (Å²) in [5.41, 5.74) is 6.30. The molecule has 0 spiro atoms. The molecule has 1 saturated heterocycles. The first-order chi connectivity index (χ1) is 19.5. The van der Waals surface area contributed by atoms with Crippen LogP contribution in [0.2, 0.25) is 0 Å². The van der Waals surface area contributed by atoms with E-state index >= 15 is 0 Å². The van der Waals surface area contributed by atoms with Gasteiger partial charge in [0, 0.05) is 36.0 Å². The molecule has 1 fully saturated rings. The first kappa shape index (κ1) is 37.6. The molecule has 9 heteroatoms. The summed E-state index contributed by atoms with van der Waals surface area (Å²) in [6.45, 7) is 18.5. The summed E-state index contributed by atoms with van der Waals surface area (Å²) in [6, 6.07) is 0. The molecule has 0 aromatic rings. The van der Waals surface area contributed by atoms with Crippen molar-refractivity contribution in [3.05, 3.63) is 48.6 Å². The van der Waals surface area contributed by atoms with Crippen LogP contribution in [0.5, 0.6) is 0 Å². The molecule has 1 amide bonds. The summed E-state index contributed by atoms with van der Waals surface area (Å²) < 4.78 is 10.8. The topological polar surface area (TPSA) is 160 Å². The predicted molar refractivity (Wildman–Crippen MR) is 164 cm³/mol. The van der Waals surface area contributed by atoms with E-state index in [1.54, 1.807) is 38.2 Å². The minimum atomic E-state index is -0.894. The van der Waals surface area contributed by atoms with Gasteiger partial charge in [-0.1, -0.05) is 90.2 Å². The zero-order valence-corrected chi connectivity index (χ0v) is 26.6. The van der Waals surface area contributed by atoms with Crippen molar-refractivity contribution in [2.45, 2.75) is 105 Å². The largest absolute Gasteiger partial charge is 0.462 e. The Kier molecular flexibility index (Phi) is 15.7. The maximum Gasteiger partial charge on any atom is 0.404 e. The van der Waals surface area contributed by atoms with Crippen molar-refractivity contribution in [1.29, 1.82) is 0 Å². The molecule has 6 N–H and O–H groups in total. The molecule has 0 saturated carbocycles. The molecule has 0 radical (unpaired) electrons. The van der Waals surface area contributed by atoms with Gasteiger partial charge in [0.2, 0.25) is 0 Å². The molecule has 0 unspecified atom stereocenters. The number of rotatable bonds is 16. The molecule has 0 aromatic carbocycles. The second-order valence-corrected chi connectivity index (χ2v) is 12.4. The van der Waals surface area contributed by atoms with E-state index in [-0.39, 0.29) is 41.9 Å². The first-order valence-corrected chi connectivity index (χ1v) is 15.0. The molecular formula is C33H55NO8. The Balaban J connectivity index is 2.76. The minimum absolute atomic E-state index is 0.152. The van der Waals surface area contributed by atoms with Crippen molar-refractivity contribution in [1.82, 2.24) is 0 Å². The summed E-state index contributed by atoms with van der Waals surface area (Å²) in [7, 11) is 0. The van der Waals surface area contributed by atoms with E-state index in [2.05, 4.69) is 6.58 Å². The second-order valence-electron chi connectivity index (χ2n) is 12.4. The average Bonchev–Trinajstić information content (AvgIpc) is 2.93. The second kappa shape index (κ2) is 17.6. The van der Waals surface area contributed by atoms with E-state index in [1.807, 2.05) is 53.7 Å². The quantitative estimate of drug-likeness (QED) is 0.101. The maximum absolute atomic E-state index is 12.0. The number of aliphatic hydroxyl groups is 4. The lowest BCUT2D eigenvalue weighted by Gasteiger charge is -2.36. The molecule has 9 nitrogen and oxygen atoms in total. The number of carbonyl (C=O) groups excluding carboxylic acids is 2. The number of esters is 1. The van der Waals surface area contributed by atoms with Crippen LogP contribution in [0.15, 0.2) is 48.6 Å². The number of ether oxygens (including phenoxy) is 2. The summed E-state index contributed by atoms with van der Waals surface area (Å²) in [5.74, 6) is -2.52. The predicted octanol–water partition coefficient (Wildman–Crippen LogP) is 4.30. The lowest BCUT2D eigenvalue weighted by molar-refractivity contribution is -0.179. The number of nitrogens with two attached hydrogens (primary N) is 1. The van der Waals surface area contributed by atoms with Gasteiger partial charge in [0.1, 0.15) is 12.2 Å². The third-order valence-corrected chi connectivity index (χ3v) is 8.62. The van der Waals surface area contributed by atoms with Crippen LogP contribution < -0.4 is 5.73 Å². The fourth-order valence-corrected chi connectivity index (χ4v) is 5.80. The SMILES string of the molecule is C=C/C=C\[C@H](C)[C@H](OC(N)=O)[C@@H](C)[C@H](O)[C@@H](C)C/C(C)=C/[C@H](C)[C@@H](O)[C@@H](C)/C=C\[C@@H](O)C[C@H]1OC(=O)[C@@H](C)[C@@H](O)[C@H]1C. The smallest absolute Gasteiger partial charge is 0.404 e. The standard InChI is InChI=1S/C33H55NO8/c1-10-11-12-20(4)31(42-33(34)40)24(8)29(37)22(6)16-18(2)15-21(5)28(36)19(3)13-14-26(35)17-27-23(7)30(38)25(9)32(39)41-27/h10-15,19-31,35-38H,1,16-17H2,2-9H3,(H2,34,40)/b12-11-,14-13-,18-15+/t19-,20-,21-,22-,23-,24-,25-,26+,27+,28-,29+,30-,31-/m0/s1. The molecule has 1 heterocycles. The van der Waals surface area contributed by atoms with Crippen molar-refractivity contribution in [3.63, 3.8) is 0 Å². The van der Waals surface area contributed by atoms with Gasteiger partial charge in [-0.25, -0.2) is 4.79 Å². The van der Waals surface area contributed by atoms with Gasteiger partial charge in [-0.3, -0.25) is 4.79 Å². The fourth-order valence-electron chi connectivity index (χ4n) is 5.80. The Labute approximate surface area is 252 Å². The molecule has 42 heavy (non-hydrogen) atoms. The normalized spacial score (nSPS) is 28.3.